The fraction of sp³-hybridized carbons (Fsp3) is 0.867. The Balaban J connectivity index is 2.45. The fourth-order valence-corrected chi connectivity index (χ4v) is 3.83. The Hall–Kier alpha value is -0.710. The molecule has 1 aliphatic rings. The predicted octanol–water partition coefficient (Wildman–Crippen LogP) is 2.92. The molecule has 1 heterocycles. The van der Waals surface area contributed by atoms with Gasteiger partial charge in [-0.2, -0.15) is 11.8 Å². The van der Waals surface area contributed by atoms with Gasteiger partial charge in [-0.15, -0.1) is 0 Å². The number of hydrogen-bond acceptors (Lipinski definition) is 3. The Morgan fingerprint density at radius 1 is 1.30 bits per heavy atom. The molecule has 4 nitrogen and oxygen atoms in total. The monoisotopic (exact) mass is 301 g/mol. The molecule has 1 atom stereocenters. The second-order valence-corrected chi connectivity index (χ2v) is 8.11. The summed E-state index contributed by atoms with van der Waals surface area (Å²) in [6.45, 7) is 6.19. The van der Waals surface area contributed by atoms with Crippen molar-refractivity contribution in [2.24, 2.45) is 11.3 Å². The third kappa shape index (κ3) is 7.78. The van der Waals surface area contributed by atoms with Crippen LogP contribution in [0, 0.1) is 11.3 Å². The minimum absolute atomic E-state index is 0.00350. The van der Waals surface area contributed by atoms with Crippen molar-refractivity contribution < 1.29 is 14.7 Å². The summed E-state index contributed by atoms with van der Waals surface area (Å²) in [6.07, 6.45) is 3.43. The average Bonchev–Trinajstić information content (AvgIpc) is 2.26. The van der Waals surface area contributed by atoms with Crippen LogP contribution in [-0.2, 0) is 9.59 Å². The predicted molar refractivity (Wildman–Crippen MR) is 82.9 cm³/mol. The zero-order chi connectivity index (χ0) is 15.2. The zero-order valence-corrected chi connectivity index (χ0v) is 13.6. The number of hydrogen-bond donors (Lipinski definition) is 2. The van der Waals surface area contributed by atoms with Crippen LogP contribution < -0.4 is 5.32 Å². The van der Waals surface area contributed by atoms with Crippen LogP contribution in [0.1, 0.15) is 52.9 Å². The molecule has 1 unspecified atom stereocenters. The number of rotatable bonds is 6. The average molecular weight is 301 g/mol. The Morgan fingerprint density at radius 3 is 2.40 bits per heavy atom. The molecule has 1 amide bonds. The Kier molecular flexibility index (Phi) is 6.86. The lowest BCUT2D eigenvalue weighted by Gasteiger charge is -2.27. The van der Waals surface area contributed by atoms with Crippen LogP contribution in [0.3, 0.4) is 0 Å². The summed E-state index contributed by atoms with van der Waals surface area (Å²) in [4.78, 5) is 23.0. The maximum absolute atomic E-state index is 12.1. The van der Waals surface area contributed by atoms with Crippen molar-refractivity contribution in [3.05, 3.63) is 0 Å². The van der Waals surface area contributed by atoms with E-state index in [1.807, 2.05) is 11.8 Å². The Bertz CT molecular complexity index is 333. The summed E-state index contributed by atoms with van der Waals surface area (Å²) in [5, 5.41) is 11.9. The number of carboxylic acid groups (broad SMARTS) is 1. The molecule has 0 radical (unpaired) electrons. The molecule has 1 fully saturated rings. The van der Waals surface area contributed by atoms with E-state index in [-0.39, 0.29) is 23.8 Å². The normalized spacial score (nSPS) is 18.6. The van der Waals surface area contributed by atoms with Gasteiger partial charge < -0.3 is 10.4 Å². The van der Waals surface area contributed by atoms with Gasteiger partial charge in [0, 0.05) is 12.5 Å². The highest BCUT2D eigenvalue weighted by molar-refractivity contribution is 7.99. The molecule has 1 saturated heterocycles. The van der Waals surface area contributed by atoms with E-state index < -0.39 is 5.97 Å². The summed E-state index contributed by atoms with van der Waals surface area (Å²) in [6, 6.07) is -0.266. The smallest absolute Gasteiger partial charge is 0.305 e. The summed E-state index contributed by atoms with van der Waals surface area (Å²) in [5.74, 6) is 1.90. The lowest BCUT2D eigenvalue weighted by atomic mass is 9.86. The molecule has 20 heavy (non-hydrogen) atoms. The molecule has 2 N–H and O–H groups in total. The highest BCUT2D eigenvalue weighted by Gasteiger charge is 2.24. The highest BCUT2D eigenvalue weighted by Crippen LogP contribution is 2.26. The lowest BCUT2D eigenvalue weighted by molar-refractivity contribution is -0.138. The molecule has 0 aromatic carbocycles. The van der Waals surface area contributed by atoms with Crippen molar-refractivity contribution in [3.8, 4) is 0 Å². The third-order valence-corrected chi connectivity index (χ3v) is 4.51. The van der Waals surface area contributed by atoms with Crippen LogP contribution in [0.4, 0.5) is 0 Å². The van der Waals surface area contributed by atoms with Crippen LogP contribution in [0.5, 0.6) is 0 Å². The zero-order valence-electron chi connectivity index (χ0n) is 12.8. The van der Waals surface area contributed by atoms with Crippen LogP contribution >= 0.6 is 11.8 Å². The second kappa shape index (κ2) is 7.91. The Morgan fingerprint density at radius 2 is 1.90 bits per heavy atom. The van der Waals surface area contributed by atoms with Crippen molar-refractivity contribution in [2.45, 2.75) is 58.9 Å². The van der Waals surface area contributed by atoms with E-state index in [9.17, 15) is 9.59 Å². The van der Waals surface area contributed by atoms with Gasteiger partial charge in [0.15, 0.2) is 0 Å². The molecule has 0 aromatic heterocycles. The molecule has 116 valence electrons. The van der Waals surface area contributed by atoms with Gasteiger partial charge >= 0.3 is 5.97 Å². The van der Waals surface area contributed by atoms with Gasteiger partial charge in [0.1, 0.15) is 0 Å². The van der Waals surface area contributed by atoms with E-state index in [2.05, 4.69) is 26.1 Å². The number of carbonyl (C=O) groups excluding carboxylic acids is 1. The van der Waals surface area contributed by atoms with Crippen molar-refractivity contribution >= 4 is 23.6 Å². The van der Waals surface area contributed by atoms with Crippen molar-refractivity contribution in [2.75, 3.05) is 11.5 Å². The van der Waals surface area contributed by atoms with Crippen molar-refractivity contribution in [3.63, 3.8) is 0 Å². The molecular weight excluding hydrogens is 274 g/mol. The molecule has 1 aliphatic heterocycles. The number of nitrogens with one attached hydrogen (secondary N) is 1. The second-order valence-electron chi connectivity index (χ2n) is 6.89. The number of aliphatic carboxylic acids is 1. The van der Waals surface area contributed by atoms with E-state index in [4.69, 9.17) is 5.11 Å². The Labute approximate surface area is 126 Å². The number of amides is 1. The number of carbonyl (C=O) groups is 2. The standard InChI is InChI=1S/C15H27NO3S/c1-15(2,3)10-12(9-14(18)19)16-13(17)8-11-4-6-20-7-5-11/h11-12H,4-10H2,1-3H3,(H,16,17)(H,18,19). The first-order valence-electron chi connectivity index (χ1n) is 7.35. The number of carboxylic acids is 1. The van der Waals surface area contributed by atoms with Crippen LogP contribution in [0.2, 0.25) is 0 Å². The fourth-order valence-electron chi connectivity index (χ4n) is 2.62. The van der Waals surface area contributed by atoms with E-state index in [0.717, 1.165) is 24.3 Å². The SMILES string of the molecule is CC(C)(C)CC(CC(=O)O)NC(=O)CC1CCSCC1. The molecule has 0 aliphatic carbocycles. The van der Waals surface area contributed by atoms with Crippen LogP contribution in [0.15, 0.2) is 0 Å². The summed E-state index contributed by atoms with van der Waals surface area (Å²) < 4.78 is 0. The van der Waals surface area contributed by atoms with Gasteiger partial charge in [-0.05, 0) is 42.1 Å². The van der Waals surface area contributed by atoms with Crippen LogP contribution in [-0.4, -0.2) is 34.5 Å². The van der Waals surface area contributed by atoms with E-state index in [0.29, 0.717) is 18.8 Å². The van der Waals surface area contributed by atoms with Gasteiger partial charge in [0.25, 0.3) is 0 Å². The molecule has 0 bridgehead atoms. The quantitative estimate of drug-likeness (QED) is 0.791. The third-order valence-electron chi connectivity index (χ3n) is 3.46. The van der Waals surface area contributed by atoms with Gasteiger partial charge in [0.05, 0.1) is 6.42 Å². The maximum atomic E-state index is 12.1. The molecular formula is C15H27NO3S. The van der Waals surface area contributed by atoms with E-state index in [1.54, 1.807) is 0 Å². The molecule has 0 saturated carbocycles. The lowest BCUT2D eigenvalue weighted by Crippen LogP contribution is -2.40. The highest BCUT2D eigenvalue weighted by atomic mass is 32.2. The molecule has 5 heteroatoms. The van der Waals surface area contributed by atoms with Gasteiger partial charge in [0.2, 0.25) is 5.91 Å². The molecule has 1 rings (SSSR count). The van der Waals surface area contributed by atoms with Crippen molar-refractivity contribution in [1.29, 1.82) is 0 Å². The first kappa shape index (κ1) is 17.3. The number of thioether (sulfide) groups is 1. The molecule has 0 spiro atoms. The summed E-state index contributed by atoms with van der Waals surface area (Å²) in [7, 11) is 0. The topological polar surface area (TPSA) is 66.4 Å². The van der Waals surface area contributed by atoms with Gasteiger partial charge in [-0.1, -0.05) is 20.8 Å². The van der Waals surface area contributed by atoms with Crippen molar-refractivity contribution in [1.82, 2.24) is 5.32 Å². The minimum Gasteiger partial charge on any atom is -0.481 e. The van der Waals surface area contributed by atoms with Gasteiger partial charge in [-0.3, -0.25) is 9.59 Å². The van der Waals surface area contributed by atoms with E-state index >= 15 is 0 Å². The first-order valence-corrected chi connectivity index (χ1v) is 8.50. The summed E-state index contributed by atoms with van der Waals surface area (Å²) >= 11 is 1.95. The largest absolute Gasteiger partial charge is 0.481 e. The summed E-state index contributed by atoms with van der Waals surface area (Å²) in [5.41, 5.74) is 0.00880. The molecule has 0 aromatic rings. The maximum Gasteiger partial charge on any atom is 0.305 e. The first-order chi connectivity index (χ1) is 9.26. The van der Waals surface area contributed by atoms with Gasteiger partial charge in [-0.25, -0.2) is 0 Å². The van der Waals surface area contributed by atoms with Crippen LogP contribution in [0.25, 0.3) is 0 Å². The minimum atomic E-state index is -0.853. The van der Waals surface area contributed by atoms with E-state index in [1.165, 1.54) is 0 Å².